The first-order valence-electron chi connectivity index (χ1n) is 24.5. The number of carbonyl (C=O) groups excluding carboxylic acids is 6. The number of nitrogens with zero attached hydrogens (tertiary/aromatic N) is 4. The Morgan fingerprint density at radius 2 is 1.58 bits per heavy atom. The molecule has 0 spiro atoms. The van der Waals surface area contributed by atoms with E-state index in [1.807, 2.05) is 50.2 Å². The van der Waals surface area contributed by atoms with Crippen molar-refractivity contribution < 1.29 is 66.7 Å². The van der Waals surface area contributed by atoms with E-state index >= 15 is 0 Å². The smallest absolute Gasteiger partial charge is 0.461 e. The molecule has 3 aliphatic heterocycles. The minimum absolute atomic E-state index is 0.184. The number of benzene rings is 1. The van der Waals surface area contributed by atoms with Crippen molar-refractivity contribution in [2.24, 2.45) is 23.7 Å². The number of amides is 1. The van der Waals surface area contributed by atoms with E-state index in [2.05, 4.69) is 20.3 Å². The minimum Gasteiger partial charge on any atom is -0.461 e. The summed E-state index contributed by atoms with van der Waals surface area (Å²) in [6.45, 7) is 14.3. The highest BCUT2D eigenvalue weighted by molar-refractivity contribution is 5.85. The Balaban J connectivity index is 1.43. The lowest BCUT2D eigenvalue weighted by Gasteiger charge is -2.48. The molecule has 0 radical (unpaired) electrons. The number of rotatable bonds is 13. The monoisotopic (exact) mass is 999 g/mol. The molecule has 3 saturated heterocycles. The average molecular weight is 1000 g/mol. The van der Waals surface area contributed by atoms with Crippen molar-refractivity contribution in [1.29, 1.82) is 0 Å². The van der Waals surface area contributed by atoms with Crippen LogP contribution < -0.4 is 5.32 Å². The number of hydrogen-bond donors (Lipinski definition) is 1. The van der Waals surface area contributed by atoms with Crippen LogP contribution in [-0.2, 0) is 63.5 Å². The van der Waals surface area contributed by atoms with Gasteiger partial charge >= 0.3 is 30.2 Å². The second-order valence-corrected chi connectivity index (χ2v) is 19.7. The molecule has 3 fully saturated rings. The molecule has 0 saturated carbocycles. The fraction of sp³-hybridized carbons (Fsp3) is 0.566. The lowest BCUT2D eigenvalue weighted by molar-refractivity contribution is -0.302. The van der Waals surface area contributed by atoms with Crippen LogP contribution in [0, 0.1) is 23.7 Å². The first-order chi connectivity index (χ1) is 34.1. The Morgan fingerprint density at radius 1 is 0.889 bits per heavy atom. The van der Waals surface area contributed by atoms with Gasteiger partial charge in [0.25, 0.3) is 0 Å². The third-order valence-electron chi connectivity index (χ3n) is 13.9. The van der Waals surface area contributed by atoms with E-state index < -0.39 is 114 Å². The van der Waals surface area contributed by atoms with Crippen LogP contribution in [0.4, 0.5) is 9.59 Å². The second kappa shape index (κ2) is 23.9. The van der Waals surface area contributed by atoms with Crippen molar-refractivity contribution >= 4 is 42.0 Å². The summed E-state index contributed by atoms with van der Waals surface area (Å²) < 4.78 is 49.9. The number of ether oxygens (including phenoxy) is 8. The highest BCUT2D eigenvalue weighted by Crippen LogP contribution is 2.42. The van der Waals surface area contributed by atoms with Crippen molar-refractivity contribution in [2.45, 2.75) is 148 Å². The van der Waals surface area contributed by atoms with Gasteiger partial charge in [0, 0.05) is 48.8 Å². The molecular weight excluding hydrogens is 931 g/mol. The molecule has 2 aromatic heterocycles. The maximum Gasteiger partial charge on any atom is 0.509 e. The summed E-state index contributed by atoms with van der Waals surface area (Å²) in [5, 5.41) is 2.78. The van der Waals surface area contributed by atoms with Gasteiger partial charge in [-0.1, -0.05) is 64.1 Å². The number of cyclic esters (lactones) is 1. The van der Waals surface area contributed by atoms with Gasteiger partial charge in [0.2, 0.25) is 0 Å². The Kier molecular flexibility index (Phi) is 18.3. The largest absolute Gasteiger partial charge is 0.509 e. The van der Waals surface area contributed by atoms with Gasteiger partial charge in [-0.25, -0.2) is 19.6 Å². The van der Waals surface area contributed by atoms with Crippen LogP contribution in [0.2, 0.25) is 0 Å². The number of nitrogens with one attached hydrogen (secondary N) is 1. The molecule has 1 aromatic carbocycles. The maximum atomic E-state index is 14.8. The molecule has 19 nitrogen and oxygen atoms in total. The fourth-order valence-electron chi connectivity index (χ4n) is 10.3. The van der Waals surface area contributed by atoms with Crippen molar-refractivity contribution in [3.63, 3.8) is 0 Å². The summed E-state index contributed by atoms with van der Waals surface area (Å²) in [5.74, 6) is -6.16. The van der Waals surface area contributed by atoms with Gasteiger partial charge < -0.3 is 48.1 Å². The van der Waals surface area contributed by atoms with Gasteiger partial charge in [-0.05, 0) is 90.9 Å². The number of pyridine rings is 1. The third-order valence-corrected chi connectivity index (χ3v) is 13.9. The normalized spacial score (nSPS) is 32.4. The summed E-state index contributed by atoms with van der Waals surface area (Å²) in [6, 6.07) is 12.9. The van der Waals surface area contributed by atoms with Crippen LogP contribution in [0.1, 0.15) is 92.8 Å². The quantitative estimate of drug-likeness (QED) is 0.139. The van der Waals surface area contributed by atoms with Gasteiger partial charge in [-0.3, -0.25) is 24.2 Å². The van der Waals surface area contributed by atoms with E-state index in [-0.39, 0.29) is 31.7 Å². The number of esters is 3. The zero-order chi connectivity index (χ0) is 52.5. The predicted molar refractivity (Wildman–Crippen MR) is 260 cm³/mol. The molecule has 6 rings (SSSR count). The average Bonchev–Trinajstić information content (AvgIpc) is 3.66. The Hall–Kier alpha value is -6.31. The van der Waals surface area contributed by atoms with Crippen molar-refractivity contribution in [3.05, 3.63) is 84.5 Å². The first kappa shape index (κ1) is 55.0. The molecule has 5 heterocycles. The zero-order valence-electron chi connectivity index (χ0n) is 43.0. The van der Waals surface area contributed by atoms with Gasteiger partial charge in [0.15, 0.2) is 23.8 Å². The Morgan fingerprint density at radius 3 is 2.22 bits per heavy atom. The Labute approximate surface area is 421 Å². The summed E-state index contributed by atoms with van der Waals surface area (Å²) in [4.78, 5) is 98.4. The summed E-state index contributed by atoms with van der Waals surface area (Å²) in [5.41, 5.74) is -1.38. The van der Waals surface area contributed by atoms with E-state index in [1.54, 1.807) is 90.4 Å². The topological polar surface area (TPSA) is 230 Å². The lowest BCUT2D eigenvalue weighted by Crippen LogP contribution is -2.61. The number of likely N-dealkylation sites (N-methyl/N-ethyl adjacent to an activating group) is 1. The predicted octanol–water partition coefficient (Wildman–Crippen LogP) is 6.71. The summed E-state index contributed by atoms with van der Waals surface area (Å²) >= 11 is 0. The molecule has 14 atom stereocenters. The maximum absolute atomic E-state index is 14.8. The molecule has 0 unspecified atom stereocenters. The van der Waals surface area contributed by atoms with Crippen molar-refractivity contribution in [1.82, 2.24) is 25.2 Å². The molecule has 0 aliphatic carbocycles. The van der Waals surface area contributed by atoms with Gasteiger partial charge in [0.05, 0.1) is 36.2 Å². The van der Waals surface area contributed by atoms with Crippen LogP contribution in [-0.4, -0.2) is 137 Å². The number of hydrogen-bond acceptors (Lipinski definition) is 18. The molecule has 390 valence electrons. The van der Waals surface area contributed by atoms with Crippen LogP contribution >= 0.6 is 0 Å². The highest BCUT2D eigenvalue weighted by atomic mass is 16.8. The van der Waals surface area contributed by atoms with E-state index in [4.69, 9.17) is 37.9 Å². The zero-order valence-corrected chi connectivity index (χ0v) is 43.0. The van der Waals surface area contributed by atoms with Gasteiger partial charge in [-0.15, -0.1) is 0 Å². The van der Waals surface area contributed by atoms with Crippen LogP contribution in [0.3, 0.4) is 0 Å². The highest BCUT2D eigenvalue weighted by Gasteiger charge is 2.58. The third kappa shape index (κ3) is 13.2. The van der Waals surface area contributed by atoms with Crippen LogP contribution in [0.25, 0.3) is 17.5 Å². The molecule has 19 heteroatoms. The Bertz CT molecular complexity index is 2390. The van der Waals surface area contributed by atoms with Crippen LogP contribution in [0.15, 0.2) is 73.2 Å². The van der Waals surface area contributed by atoms with Crippen molar-refractivity contribution in [3.8, 4) is 11.4 Å². The van der Waals surface area contributed by atoms with Crippen molar-refractivity contribution in [2.75, 3.05) is 20.7 Å². The van der Waals surface area contributed by atoms with E-state index in [0.717, 1.165) is 11.1 Å². The molecule has 3 aliphatic rings. The first-order valence-corrected chi connectivity index (χ1v) is 24.5. The van der Waals surface area contributed by atoms with E-state index in [1.165, 1.54) is 20.0 Å². The molecule has 72 heavy (non-hydrogen) atoms. The number of ketones is 1. The second-order valence-electron chi connectivity index (χ2n) is 19.7. The van der Waals surface area contributed by atoms with E-state index in [0.29, 0.717) is 17.9 Å². The number of carbonyl (C=O) groups is 6. The summed E-state index contributed by atoms with van der Waals surface area (Å²) in [6.07, 6.45) is -0.242. The standard InChI is InChI=1S/C53H69N5O14/c1-12-40-53(9)45(57-50(63)71-53)32(4)42(61)30(2)29-52(8,72-51(64)65-26-15-17-36-19-21-37(22-20-36)47-55-24-16-25-56-47)46(70-49-44(67-35(7)59)39(58(10)11)27-31(3)66-49)33(5)43(34(6)48(62)68-40)69-41(60)28-38-18-13-14-23-54-38/h13-25,30-34,39-40,43-46,49H,12,26-29H2,1-11H3,(H,57,63)/t30-,31-,32+,33+,34-,39+,40-,43+,44-,45-,46-,49+,52-,53-/m1/s1. The van der Waals surface area contributed by atoms with E-state index in [9.17, 15) is 28.8 Å². The number of Topliss-reactive ketones (excluding diaryl/α,β-unsaturated/α-hetero) is 1. The summed E-state index contributed by atoms with van der Waals surface area (Å²) in [7, 11) is 3.66. The molecule has 1 N–H and O–H groups in total. The van der Waals surface area contributed by atoms with Crippen LogP contribution in [0.5, 0.6) is 0 Å². The number of alkyl carbamates (subject to hydrolysis) is 1. The van der Waals surface area contributed by atoms with Gasteiger partial charge in [-0.2, -0.15) is 0 Å². The molecule has 3 aromatic rings. The SMILES string of the molecule is CC[C@H]1OC(=O)[C@H](C)[C@@H](OC(=O)Cc2ccccn2)[C@H](C)[C@@H](O[C@@H]2O[C@H](C)C[C@H](N(C)C)[C@H]2OC(C)=O)[C@](C)(OC(=O)OCC=Cc2ccc(-c3ncccn3)cc2)C[C@@H](C)C(=O)[C@H](C)[C@H]2NC(=O)O[C@@]21C. The molecule has 0 bridgehead atoms. The van der Waals surface area contributed by atoms with Gasteiger partial charge in [0.1, 0.15) is 36.3 Å². The lowest BCUT2D eigenvalue weighted by atomic mass is 9.73. The fourth-order valence-corrected chi connectivity index (χ4v) is 10.3. The minimum atomic E-state index is -1.88. The molecule has 1 amide bonds. The number of fused-ring (bicyclic) bond motifs is 1. The molecular formula is C53H69N5O14. The number of aromatic nitrogens is 3.